The van der Waals surface area contributed by atoms with Crippen molar-refractivity contribution < 1.29 is 8.78 Å². The number of alkyl halides is 3. The van der Waals surface area contributed by atoms with E-state index in [1.54, 1.807) is 0 Å². The third kappa shape index (κ3) is 2.39. The standard InChI is InChI=1S/C8H13BrF2/c9-6-4-7-3-1-2-5-8(7,10)11/h7H,1-6H2. The van der Waals surface area contributed by atoms with Gasteiger partial charge in [-0.2, -0.15) is 0 Å². The molecule has 0 aromatic rings. The van der Waals surface area contributed by atoms with Crippen LogP contribution in [0.2, 0.25) is 0 Å². The van der Waals surface area contributed by atoms with Crippen molar-refractivity contribution in [1.29, 1.82) is 0 Å². The van der Waals surface area contributed by atoms with Crippen molar-refractivity contribution in [1.82, 2.24) is 0 Å². The molecule has 0 aromatic carbocycles. The highest BCUT2D eigenvalue weighted by molar-refractivity contribution is 9.09. The number of halogens is 3. The van der Waals surface area contributed by atoms with E-state index in [0.717, 1.165) is 6.42 Å². The van der Waals surface area contributed by atoms with E-state index < -0.39 is 5.92 Å². The Balaban J connectivity index is 2.45. The molecule has 0 N–H and O–H groups in total. The van der Waals surface area contributed by atoms with E-state index in [-0.39, 0.29) is 12.3 Å². The van der Waals surface area contributed by atoms with E-state index >= 15 is 0 Å². The fourth-order valence-corrected chi connectivity index (χ4v) is 2.21. The fourth-order valence-electron chi connectivity index (χ4n) is 1.65. The van der Waals surface area contributed by atoms with E-state index in [9.17, 15) is 8.78 Å². The zero-order valence-electron chi connectivity index (χ0n) is 6.45. The molecule has 1 aliphatic rings. The molecule has 0 heterocycles. The topological polar surface area (TPSA) is 0 Å². The van der Waals surface area contributed by atoms with Gasteiger partial charge in [0.1, 0.15) is 0 Å². The monoisotopic (exact) mass is 226 g/mol. The summed E-state index contributed by atoms with van der Waals surface area (Å²) in [6, 6.07) is 0. The smallest absolute Gasteiger partial charge is 0.207 e. The van der Waals surface area contributed by atoms with Crippen LogP contribution in [0.5, 0.6) is 0 Å². The van der Waals surface area contributed by atoms with Crippen LogP contribution < -0.4 is 0 Å². The minimum absolute atomic E-state index is 0.102. The molecule has 0 aliphatic heterocycles. The molecule has 1 unspecified atom stereocenters. The van der Waals surface area contributed by atoms with E-state index in [4.69, 9.17) is 0 Å². The Morgan fingerprint density at radius 3 is 2.64 bits per heavy atom. The van der Waals surface area contributed by atoms with Crippen molar-refractivity contribution >= 4 is 15.9 Å². The van der Waals surface area contributed by atoms with Crippen LogP contribution in [0, 0.1) is 5.92 Å². The van der Waals surface area contributed by atoms with Gasteiger partial charge >= 0.3 is 0 Å². The molecule has 0 spiro atoms. The fraction of sp³-hybridized carbons (Fsp3) is 1.00. The quantitative estimate of drug-likeness (QED) is 0.632. The Kier molecular flexibility index (Phi) is 3.29. The second-order valence-electron chi connectivity index (χ2n) is 3.18. The molecule has 0 radical (unpaired) electrons. The SMILES string of the molecule is FC1(F)CCCCC1CCBr. The molecule has 0 amide bonds. The Labute approximate surface area is 74.5 Å². The Hall–Kier alpha value is 0.340. The van der Waals surface area contributed by atoms with Crippen LogP contribution in [-0.2, 0) is 0 Å². The first-order valence-electron chi connectivity index (χ1n) is 4.10. The molecule has 1 saturated carbocycles. The second kappa shape index (κ2) is 3.83. The van der Waals surface area contributed by atoms with Gasteiger partial charge in [0.15, 0.2) is 0 Å². The van der Waals surface area contributed by atoms with Crippen molar-refractivity contribution in [3.05, 3.63) is 0 Å². The molecule has 0 nitrogen and oxygen atoms in total. The summed E-state index contributed by atoms with van der Waals surface area (Å²) in [6.45, 7) is 0. The Morgan fingerprint density at radius 2 is 2.09 bits per heavy atom. The molecule has 1 aliphatic carbocycles. The molecular weight excluding hydrogens is 214 g/mol. The summed E-state index contributed by atoms with van der Waals surface area (Å²) in [6.07, 6.45) is 3.11. The van der Waals surface area contributed by atoms with Crippen LogP contribution in [0.3, 0.4) is 0 Å². The molecule has 0 saturated heterocycles. The second-order valence-corrected chi connectivity index (χ2v) is 3.97. The lowest BCUT2D eigenvalue weighted by Gasteiger charge is -2.30. The average molecular weight is 227 g/mol. The summed E-state index contributed by atoms with van der Waals surface area (Å²) in [4.78, 5) is 0. The summed E-state index contributed by atoms with van der Waals surface area (Å²) in [5.74, 6) is -2.75. The highest BCUT2D eigenvalue weighted by atomic mass is 79.9. The molecule has 1 fully saturated rings. The predicted octanol–water partition coefficient (Wildman–Crippen LogP) is 3.60. The van der Waals surface area contributed by atoms with Gasteiger partial charge in [0.25, 0.3) is 5.92 Å². The third-order valence-electron chi connectivity index (χ3n) is 2.37. The summed E-state index contributed by atoms with van der Waals surface area (Å²) < 4.78 is 26.1. The van der Waals surface area contributed by atoms with Gasteiger partial charge < -0.3 is 0 Å². The van der Waals surface area contributed by atoms with E-state index in [1.807, 2.05) is 0 Å². The predicted molar refractivity (Wildman–Crippen MR) is 45.3 cm³/mol. The minimum Gasteiger partial charge on any atom is -0.207 e. The number of hydrogen-bond donors (Lipinski definition) is 0. The largest absolute Gasteiger partial charge is 0.250 e. The number of hydrogen-bond acceptors (Lipinski definition) is 0. The maximum Gasteiger partial charge on any atom is 0.250 e. The molecule has 0 aromatic heterocycles. The van der Waals surface area contributed by atoms with Crippen LogP contribution in [0.15, 0.2) is 0 Å². The lowest BCUT2D eigenvalue weighted by Crippen LogP contribution is -2.31. The van der Waals surface area contributed by atoms with E-state index in [1.165, 1.54) is 0 Å². The van der Waals surface area contributed by atoms with Crippen LogP contribution in [-0.4, -0.2) is 11.3 Å². The van der Waals surface area contributed by atoms with Gasteiger partial charge in [-0.1, -0.05) is 22.4 Å². The van der Waals surface area contributed by atoms with Crippen LogP contribution in [0.1, 0.15) is 32.1 Å². The van der Waals surface area contributed by atoms with Gasteiger partial charge in [-0.05, 0) is 19.3 Å². The first-order chi connectivity index (χ1) is 5.17. The van der Waals surface area contributed by atoms with Crippen LogP contribution in [0.4, 0.5) is 8.78 Å². The molecular formula is C8H13BrF2. The molecule has 11 heavy (non-hydrogen) atoms. The van der Waals surface area contributed by atoms with Gasteiger partial charge in [0.2, 0.25) is 0 Å². The Morgan fingerprint density at radius 1 is 1.36 bits per heavy atom. The normalized spacial score (nSPS) is 30.3. The molecule has 0 bridgehead atoms. The zero-order chi connectivity index (χ0) is 8.32. The third-order valence-corrected chi connectivity index (χ3v) is 2.83. The van der Waals surface area contributed by atoms with E-state index in [0.29, 0.717) is 24.6 Å². The highest BCUT2D eigenvalue weighted by Crippen LogP contribution is 2.40. The van der Waals surface area contributed by atoms with Gasteiger partial charge in [0.05, 0.1) is 0 Å². The Bertz CT molecular complexity index is 123. The van der Waals surface area contributed by atoms with Gasteiger partial charge in [0, 0.05) is 17.7 Å². The van der Waals surface area contributed by atoms with Crippen molar-refractivity contribution in [2.24, 2.45) is 5.92 Å². The summed E-state index contributed by atoms with van der Waals surface area (Å²) in [5, 5.41) is 0.702. The van der Waals surface area contributed by atoms with Crippen molar-refractivity contribution in [2.75, 3.05) is 5.33 Å². The maximum atomic E-state index is 13.0. The molecule has 1 rings (SSSR count). The summed E-state index contributed by atoms with van der Waals surface area (Å²) in [7, 11) is 0. The van der Waals surface area contributed by atoms with Gasteiger partial charge in [-0.15, -0.1) is 0 Å². The molecule has 66 valence electrons. The highest BCUT2D eigenvalue weighted by Gasteiger charge is 2.40. The first-order valence-corrected chi connectivity index (χ1v) is 5.23. The number of rotatable bonds is 2. The summed E-state index contributed by atoms with van der Waals surface area (Å²) in [5.41, 5.74) is 0. The zero-order valence-corrected chi connectivity index (χ0v) is 8.04. The maximum absolute atomic E-state index is 13.0. The van der Waals surface area contributed by atoms with Crippen molar-refractivity contribution in [2.45, 2.75) is 38.0 Å². The van der Waals surface area contributed by atoms with Crippen molar-refractivity contribution in [3.63, 3.8) is 0 Å². The lowest BCUT2D eigenvalue weighted by atomic mass is 9.84. The van der Waals surface area contributed by atoms with Crippen molar-refractivity contribution in [3.8, 4) is 0 Å². The van der Waals surface area contributed by atoms with Gasteiger partial charge in [-0.25, -0.2) is 8.78 Å². The van der Waals surface area contributed by atoms with Gasteiger partial charge in [-0.3, -0.25) is 0 Å². The first kappa shape index (κ1) is 9.43. The van der Waals surface area contributed by atoms with Crippen LogP contribution in [0.25, 0.3) is 0 Å². The molecule has 3 heteroatoms. The minimum atomic E-state index is -2.38. The van der Waals surface area contributed by atoms with Crippen LogP contribution >= 0.6 is 15.9 Å². The lowest BCUT2D eigenvalue weighted by molar-refractivity contribution is -0.0859. The molecule has 1 atom stereocenters. The average Bonchev–Trinajstić information content (AvgIpc) is 1.94. The van der Waals surface area contributed by atoms with E-state index in [2.05, 4.69) is 15.9 Å². The summed E-state index contributed by atoms with van der Waals surface area (Å²) >= 11 is 3.20.